The van der Waals surface area contributed by atoms with Gasteiger partial charge < -0.3 is 10.2 Å². The quantitative estimate of drug-likeness (QED) is 0.928. The molecule has 0 bridgehead atoms. The van der Waals surface area contributed by atoms with E-state index in [1.165, 1.54) is 31.4 Å². The van der Waals surface area contributed by atoms with Gasteiger partial charge in [-0.2, -0.15) is 0 Å². The second kappa shape index (κ2) is 6.16. The molecule has 1 saturated carbocycles. The third kappa shape index (κ3) is 3.23. The summed E-state index contributed by atoms with van der Waals surface area (Å²) in [5.41, 5.74) is 1.99. The van der Waals surface area contributed by atoms with E-state index < -0.39 is 0 Å². The van der Waals surface area contributed by atoms with Gasteiger partial charge in [-0.05, 0) is 49.8 Å². The lowest BCUT2D eigenvalue weighted by molar-refractivity contribution is 0.0931. The van der Waals surface area contributed by atoms with Crippen LogP contribution in [0.5, 0.6) is 0 Å². The van der Waals surface area contributed by atoms with Crippen molar-refractivity contribution in [2.75, 3.05) is 31.1 Å². The van der Waals surface area contributed by atoms with Crippen LogP contribution in [-0.2, 0) is 0 Å². The average Bonchev–Trinajstić information content (AvgIpc) is 3.14. The highest BCUT2D eigenvalue weighted by Crippen LogP contribution is 2.32. The molecule has 2 heterocycles. The van der Waals surface area contributed by atoms with Crippen LogP contribution in [-0.4, -0.2) is 49.1 Å². The van der Waals surface area contributed by atoms with Gasteiger partial charge in [-0.15, -0.1) is 0 Å². The fourth-order valence-electron chi connectivity index (χ4n) is 4.00. The van der Waals surface area contributed by atoms with E-state index in [0.717, 1.165) is 37.8 Å². The summed E-state index contributed by atoms with van der Waals surface area (Å²) >= 11 is 0. The van der Waals surface area contributed by atoms with E-state index in [1.807, 2.05) is 12.1 Å². The van der Waals surface area contributed by atoms with Crippen molar-refractivity contribution in [1.82, 2.24) is 10.2 Å². The molecule has 1 aliphatic carbocycles. The number of likely N-dealkylation sites (tertiary alicyclic amines) is 1. The van der Waals surface area contributed by atoms with Crippen LogP contribution in [0.15, 0.2) is 24.3 Å². The number of carbonyl (C=O) groups is 1. The molecule has 2 atom stereocenters. The second-order valence-corrected chi connectivity index (χ2v) is 7.49. The van der Waals surface area contributed by atoms with Gasteiger partial charge in [0.25, 0.3) is 5.91 Å². The highest BCUT2D eigenvalue weighted by Gasteiger charge is 2.38. The fourth-order valence-corrected chi connectivity index (χ4v) is 4.00. The zero-order valence-corrected chi connectivity index (χ0v) is 14.0. The number of anilines is 1. The Morgan fingerprint density at radius 2 is 1.96 bits per heavy atom. The minimum absolute atomic E-state index is 0.0838. The van der Waals surface area contributed by atoms with Crippen molar-refractivity contribution in [3.63, 3.8) is 0 Å². The Morgan fingerprint density at radius 1 is 1.17 bits per heavy atom. The molecule has 0 aromatic heterocycles. The molecule has 124 valence electrons. The van der Waals surface area contributed by atoms with Gasteiger partial charge in [0.1, 0.15) is 0 Å². The maximum atomic E-state index is 12.7. The van der Waals surface area contributed by atoms with Crippen molar-refractivity contribution in [2.45, 2.75) is 44.7 Å². The van der Waals surface area contributed by atoms with Crippen molar-refractivity contribution in [2.24, 2.45) is 5.92 Å². The number of nitrogens with zero attached hydrogens (tertiary/aromatic N) is 2. The Morgan fingerprint density at radius 3 is 2.70 bits per heavy atom. The molecule has 23 heavy (non-hydrogen) atoms. The summed E-state index contributed by atoms with van der Waals surface area (Å²) in [6.45, 7) is 6.63. The molecule has 0 spiro atoms. The number of carbonyl (C=O) groups excluding carboxylic acids is 1. The van der Waals surface area contributed by atoms with E-state index in [1.54, 1.807) is 0 Å². The lowest BCUT2D eigenvalue weighted by atomic mass is 10.1. The zero-order valence-electron chi connectivity index (χ0n) is 14.0. The number of rotatable bonds is 4. The van der Waals surface area contributed by atoms with E-state index in [4.69, 9.17) is 0 Å². The standard InChI is InChI=1S/C19H27N3O/c1-14-12-22(16-7-8-16)13-18(14)20-19(23)15-5-4-6-17(11-15)21-9-2-3-10-21/h4-6,11,14,16,18H,2-3,7-10,12-13H2,1H3,(H,20,23). The maximum absolute atomic E-state index is 12.7. The molecule has 4 heteroatoms. The Hall–Kier alpha value is -1.55. The first-order chi connectivity index (χ1) is 11.2. The molecule has 1 aromatic rings. The van der Waals surface area contributed by atoms with Gasteiger partial charge in [-0.25, -0.2) is 0 Å². The van der Waals surface area contributed by atoms with Crippen LogP contribution in [0.25, 0.3) is 0 Å². The molecule has 1 N–H and O–H groups in total. The van der Waals surface area contributed by atoms with Gasteiger partial charge in [0.15, 0.2) is 0 Å². The third-order valence-corrected chi connectivity index (χ3v) is 5.60. The Kier molecular flexibility index (Phi) is 4.02. The summed E-state index contributed by atoms with van der Waals surface area (Å²) in [7, 11) is 0. The predicted molar refractivity (Wildman–Crippen MR) is 92.9 cm³/mol. The fraction of sp³-hybridized carbons (Fsp3) is 0.632. The SMILES string of the molecule is CC1CN(C2CC2)CC1NC(=O)c1cccc(N2CCCC2)c1. The summed E-state index contributed by atoms with van der Waals surface area (Å²) in [6.07, 6.45) is 5.19. The zero-order chi connectivity index (χ0) is 15.8. The highest BCUT2D eigenvalue weighted by atomic mass is 16.1. The minimum atomic E-state index is 0.0838. The maximum Gasteiger partial charge on any atom is 0.251 e. The van der Waals surface area contributed by atoms with Gasteiger partial charge >= 0.3 is 0 Å². The number of hydrogen-bond donors (Lipinski definition) is 1. The summed E-state index contributed by atoms with van der Waals surface area (Å²) in [4.78, 5) is 17.6. The first kappa shape index (κ1) is 15.0. The summed E-state index contributed by atoms with van der Waals surface area (Å²) in [5, 5.41) is 3.28. The van der Waals surface area contributed by atoms with Crippen molar-refractivity contribution in [1.29, 1.82) is 0 Å². The van der Waals surface area contributed by atoms with E-state index in [2.05, 4.69) is 34.2 Å². The Balaban J connectivity index is 1.41. The van der Waals surface area contributed by atoms with E-state index in [-0.39, 0.29) is 5.91 Å². The number of nitrogens with one attached hydrogen (secondary N) is 1. The topological polar surface area (TPSA) is 35.6 Å². The number of benzene rings is 1. The van der Waals surface area contributed by atoms with Crippen molar-refractivity contribution in [3.05, 3.63) is 29.8 Å². The molecular weight excluding hydrogens is 286 g/mol. The monoisotopic (exact) mass is 313 g/mol. The molecule has 3 fully saturated rings. The molecule has 2 unspecified atom stereocenters. The molecule has 4 rings (SSSR count). The molecule has 0 radical (unpaired) electrons. The minimum Gasteiger partial charge on any atom is -0.372 e. The van der Waals surface area contributed by atoms with Crippen LogP contribution < -0.4 is 10.2 Å². The smallest absolute Gasteiger partial charge is 0.251 e. The normalized spacial score (nSPS) is 28.3. The van der Waals surface area contributed by atoms with Crippen LogP contribution in [0.3, 0.4) is 0 Å². The molecular formula is C19H27N3O. The molecule has 2 saturated heterocycles. The largest absolute Gasteiger partial charge is 0.372 e. The lowest BCUT2D eigenvalue weighted by Gasteiger charge is -2.20. The van der Waals surface area contributed by atoms with Crippen LogP contribution in [0.1, 0.15) is 43.0 Å². The van der Waals surface area contributed by atoms with Gasteiger partial charge in [0, 0.05) is 49.5 Å². The molecule has 3 aliphatic rings. The van der Waals surface area contributed by atoms with Gasteiger partial charge in [-0.1, -0.05) is 13.0 Å². The number of amides is 1. The second-order valence-electron chi connectivity index (χ2n) is 7.49. The first-order valence-electron chi connectivity index (χ1n) is 9.10. The van der Waals surface area contributed by atoms with Crippen molar-refractivity contribution in [3.8, 4) is 0 Å². The first-order valence-corrected chi connectivity index (χ1v) is 9.10. The highest BCUT2D eigenvalue weighted by molar-refractivity contribution is 5.95. The Bertz CT molecular complexity index is 578. The van der Waals surface area contributed by atoms with Crippen LogP contribution in [0, 0.1) is 5.92 Å². The molecule has 4 nitrogen and oxygen atoms in total. The lowest BCUT2D eigenvalue weighted by Crippen LogP contribution is -2.40. The van der Waals surface area contributed by atoms with E-state index in [9.17, 15) is 4.79 Å². The molecule has 2 aliphatic heterocycles. The summed E-state index contributed by atoms with van der Waals surface area (Å²) in [5.74, 6) is 0.627. The third-order valence-electron chi connectivity index (χ3n) is 5.60. The van der Waals surface area contributed by atoms with Crippen LogP contribution in [0.4, 0.5) is 5.69 Å². The van der Waals surface area contributed by atoms with Crippen LogP contribution in [0.2, 0.25) is 0 Å². The average molecular weight is 313 g/mol. The summed E-state index contributed by atoms with van der Waals surface area (Å²) in [6, 6.07) is 9.20. The van der Waals surface area contributed by atoms with Crippen molar-refractivity contribution < 1.29 is 4.79 Å². The Labute approximate surface area is 138 Å². The van der Waals surface area contributed by atoms with E-state index >= 15 is 0 Å². The molecule has 1 aromatic carbocycles. The number of hydrogen-bond acceptors (Lipinski definition) is 3. The van der Waals surface area contributed by atoms with Crippen LogP contribution >= 0.6 is 0 Å². The van der Waals surface area contributed by atoms with Gasteiger partial charge in [-0.3, -0.25) is 9.69 Å². The summed E-state index contributed by atoms with van der Waals surface area (Å²) < 4.78 is 0. The predicted octanol–water partition coefficient (Wildman–Crippen LogP) is 2.50. The van der Waals surface area contributed by atoms with Gasteiger partial charge in [0.05, 0.1) is 0 Å². The van der Waals surface area contributed by atoms with Crippen molar-refractivity contribution >= 4 is 11.6 Å². The van der Waals surface area contributed by atoms with E-state index in [0.29, 0.717) is 12.0 Å². The molecule has 1 amide bonds. The van der Waals surface area contributed by atoms with Gasteiger partial charge in [0.2, 0.25) is 0 Å².